The van der Waals surface area contributed by atoms with Gasteiger partial charge in [0.1, 0.15) is 4.88 Å². The minimum atomic E-state index is -0.284. The van der Waals surface area contributed by atoms with Crippen LogP contribution in [0.25, 0.3) is 0 Å². The molecule has 0 spiro atoms. The lowest BCUT2D eigenvalue weighted by Gasteiger charge is -2.26. The van der Waals surface area contributed by atoms with Crippen LogP contribution in [0.1, 0.15) is 28.9 Å². The topological polar surface area (TPSA) is 42.4 Å². The lowest BCUT2D eigenvalue weighted by atomic mass is 10.1. The molecule has 0 N–H and O–H groups in total. The number of hydrogen-bond acceptors (Lipinski definition) is 5. The Morgan fingerprint density at radius 3 is 3.12 bits per heavy atom. The van der Waals surface area contributed by atoms with Gasteiger partial charge in [-0.1, -0.05) is 11.3 Å². The summed E-state index contributed by atoms with van der Waals surface area (Å²) in [4.78, 5) is 18.6. The fourth-order valence-corrected chi connectivity index (χ4v) is 3.67. The molecule has 0 aromatic carbocycles. The Balaban J connectivity index is 1.80. The zero-order chi connectivity index (χ0) is 11.1. The monoisotopic (exact) mass is 238 g/mol. The zero-order valence-corrected chi connectivity index (χ0v) is 10.00. The molecule has 1 saturated carbocycles. The van der Waals surface area contributed by atoms with E-state index in [9.17, 15) is 4.79 Å². The summed E-state index contributed by atoms with van der Waals surface area (Å²) < 4.78 is 4.69. The summed E-state index contributed by atoms with van der Waals surface area (Å²) in [5, 5.41) is 0.979. The van der Waals surface area contributed by atoms with E-state index in [0.29, 0.717) is 10.9 Å². The van der Waals surface area contributed by atoms with Crippen molar-refractivity contribution < 1.29 is 9.53 Å². The lowest BCUT2D eigenvalue weighted by molar-refractivity contribution is 0.0606. The smallest absolute Gasteiger partial charge is 0.349 e. The molecule has 86 valence electrons. The third-order valence-electron chi connectivity index (χ3n) is 3.53. The first kappa shape index (κ1) is 10.1. The van der Waals surface area contributed by atoms with Gasteiger partial charge in [0.2, 0.25) is 0 Å². The number of esters is 1. The first-order chi connectivity index (χ1) is 7.78. The molecular weight excluding hydrogens is 224 g/mol. The Labute approximate surface area is 98.2 Å². The second kappa shape index (κ2) is 3.73. The molecule has 1 saturated heterocycles. The number of fused-ring (bicyclic) bond motifs is 2. The van der Waals surface area contributed by atoms with E-state index in [1.807, 2.05) is 0 Å². The highest BCUT2D eigenvalue weighted by molar-refractivity contribution is 7.17. The number of carbonyl (C=O) groups is 1. The summed E-state index contributed by atoms with van der Waals surface area (Å²) in [7, 11) is 1.40. The van der Waals surface area contributed by atoms with Gasteiger partial charge in [0.15, 0.2) is 5.13 Å². The average molecular weight is 238 g/mol. The van der Waals surface area contributed by atoms with Crippen LogP contribution in [0.15, 0.2) is 6.20 Å². The molecule has 16 heavy (non-hydrogen) atoms. The normalized spacial score (nSPS) is 27.4. The van der Waals surface area contributed by atoms with E-state index in [-0.39, 0.29) is 5.97 Å². The van der Waals surface area contributed by atoms with Crippen molar-refractivity contribution in [3.05, 3.63) is 11.1 Å². The quantitative estimate of drug-likeness (QED) is 0.738. The van der Waals surface area contributed by atoms with E-state index in [1.165, 1.54) is 37.7 Å². The van der Waals surface area contributed by atoms with Crippen LogP contribution in [0.5, 0.6) is 0 Å². The maximum atomic E-state index is 11.3. The molecular formula is C11H14N2O2S. The number of hydrogen-bond donors (Lipinski definition) is 0. The minimum absolute atomic E-state index is 0.284. The first-order valence-electron chi connectivity index (χ1n) is 5.58. The third-order valence-corrected chi connectivity index (χ3v) is 4.55. The van der Waals surface area contributed by atoms with Gasteiger partial charge in [0, 0.05) is 12.6 Å². The predicted octanol–water partition coefficient (Wildman–Crippen LogP) is 1.92. The average Bonchev–Trinajstić information content (AvgIpc) is 3.02. The number of piperidine rings is 1. The second-order valence-electron chi connectivity index (χ2n) is 4.48. The van der Waals surface area contributed by atoms with Crippen LogP contribution in [0.4, 0.5) is 5.13 Å². The molecule has 1 aromatic rings. The standard InChI is InChI=1S/C11H14N2O2S/c1-15-10(14)9-5-12-11(16-9)13-6-7-2-3-8(13)4-7/h5,7-8H,2-4,6H2,1H3. The highest BCUT2D eigenvalue weighted by Crippen LogP contribution is 2.41. The number of aromatic nitrogens is 1. The van der Waals surface area contributed by atoms with Crippen LogP contribution >= 0.6 is 11.3 Å². The largest absolute Gasteiger partial charge is 0.465 e. The SMILES string of the molecule is COC(=O)c1cnc(N2CC3CCC2C3)s1. The van der Waals surface area contributed by atoms with Crippen LogP contribution < -0.4 is 4.90 Å². The predicted molar refractivity (Wildman–Crippen MR) is 61.9 cm³/mol. The third kappa shape index (κ3) is 1.50. The van der Waals surface area contributed by atoms with Gasteiger partial charge < -0.3 is 9.64 Å². The van der Waals surface area contributed by atoms with Crippen molar-refractivity contribution in [3.8, 4) is 0 Å². The fourth-order valence-electron chi connectivity index (χ4n) is 2.75. The number of methoxy groups -OCH3 is 1. The number of thiazole rings is 1. The van der Waals surface area contributed by atoms with Crippen LogP contribution in [-0.4, -0.2) is 30.6 Å². The van der Waals surface area contributed by atoms with E-state index in [0.717, 1.165) is 17.6 Å². The van der Waals surface area contributed by atoms with Gasteiger partial charge in [-0.15, -0.1) is 0 Å². The van der Waals surface area contributed by atoms with Gasteiger partial charge in [0.25, 0.3) is 0 Å². The maximum Gasteiger partial charge on any atom is 0.349 e. The molecule has 3 rings (SSSR count). The van der Waals surface area contributed by atoms with Crippen LogP contribution in [0.2, 0.25) is 0 Å². The molecule has 5 heteroatoms. The summed E-state index contributed by atoms with van der Waals surface area (Å²) in [6.45, 7) is 1.11. The van der Waals surface area contributed by atoms with E-state index in [4.69, 9.17) is 0 Å². The Kier molecular flexibility index (Phi) is 2.35. The molecule has 1 aromatic heterocycles. The van der Waals surface area contributed by atoms with Crippen LogP contribution in [-0.2, 0) is 4.74 Å². The second-order valence-corrected chi connectivity index (χ2v) is 5.49. The number of carbonyl (C=O) groups excluding carboxylic acids is 1. The molecule has 0 amide bonds. The molecule has 2 fully saturated rings. The van der Waals surface area contributed by atoms with Gasteiger partial charge in [0.05, 0.1) is 13.3 Å². The molecule has 0 radical (unpaired) electrons. The summed E-state index contributed by atoms with van der Waals surface area (Å²) in [5.41, 5.74) is 0. The molecule has 4 nitrogen and oxygen atoms in total. The maximum absolute atomic E-state index is 11.3. The van der Waals surface area contributed by atoms with E-state index in [1.54, 1.807) is 6.20 Å². The van der Waals surface area contributed by atoms with Crippen LogP contribution in [0.3, 0.4) is 0 Å². The van der Waals surface area contributed by atoms with Crippen molar-refractivity contribution in [1.29, 1.82) is 0 Å². The van der Waals surface area contributed by atoms with Crippen molar-refractivity contribution in [2.24, 2.45) is 5.92 Å². The summed E-state index contributed by atoms with van der Waals surface area (Å²) in [5.74, 6) is 0.559. The highest BCUT2D eigenvalue weighted by atomic mass is 32.1. The summed E-state index contributed by atoms with van der Waals surface area (Å²) >= 11 is 1.44. The molecule has 2 aliphatic rings. The van der Waals surface area contributed by atoms with E-state index in [2.05, 4.69) is 14.6 Å². The number of rotatable bonds is 2. The Morgan fingerprint density at radius 2 is 2.50 bits per heavy atom. The van der Waals surface area contributed by atoms with Gasteiger partial charge in [-0.2, -0.15) is 0 Å². The summed E-state index contributed by atoms with van der Waals surface area (Å²) in [6, 6.07) is 0.654. The molecule has 2 atom stereocenters. The molecule has 2 bridgehead atoms. The van der Waals surface area contributed by atoms with E-state index >= 15 is 0 Å². The van der Waals surface area contributed by atoms with Crippen molar-refractivity contribution in [1.82, 2.24) is 4.98 Å². The molecule has 2 unspecified atom stereocenters. The number of anilines is 1. The van der Waals surface area contributed by atoms with Crippen molar-refractivity contribution in [2.45, 2.75) is 25.3 Å². The molecule has 2 heterocycles. The molecule has 1 aliphatic carbocycles. The Bertz CT molecular complexity index is 418. The van der Waals surface area contributed by atoms with Gasteiger partial charge in [-0.05, 0) is 25.2 Å². The van der Waals surface area contributed by atoms with Gasteiger partial charge in [-0.25, -0.2) is 9.78 Å². The fraction of sp³-hybridized carbons (Fsp3) is 0.636. The van der Waals surface area contributed by atoms with Gasteiger partial charge in [-0.3, -0.25) is 0 Å². The van der Waals surface area contributed by atoms with Crippen molar-refractivity contribution in [3.63, 3.8) is 0 Å². The minimum Gasteiger partial charge on any atom is -0.465 e. The number of ether oxygens (including phenoxy) is 1. The van der Waals surface area contributed by atoms with E-state index < -0.39 is 0 Å². The van der Waals surface area contributed by atoms with Crippen molar-refractivity contribution in [2.75, 3.05) is 18.6 Å². The van der Waals surface area contributed by atoms with Crippen LogP contribution in [0, 0.1) is 5.92 Å². The Morgan fingerprint density at radius 1 is 1.62 bits per heavy atom. The zero-order valence-electron chi connectivity index (χ0n) is 9.18. The van der Waals surface area contributed by atoms with Crippen molar-refractivity contribution >= 4 is 22.4 Å². The van der Waals surface area contributed by atoms with Gasteiger partial charge >= 0.3 is 5.97 Å². The highest BCUT2D eigenvalue weighted by Gasteiger charge is 2.39. The lowest BCUT2D eigenvalue weighted by Crippen LogP contribution is -2.31. The molecule has 1 aliphatic heterocycles. The Hall–Kier alpha value is -1.10. The number of nitrogens with zero attached hydrogens (tertiary/aromatic N) is 2. The summed E-state index contributed by atoms with van der Waals surface area (Å²) in [6.07, 6.45) is 5.55. The first-order valence-corrected chi connectivity index (χ1v) is 6.40.